The molecule has 0 heterocycles. The van der Waals surface area contributed by atoms with Crippen molar-refractivity contribution in [3.63, 3.8) is 0 Å². The second-order valence-corrected chi connectivity index (χ2v) is 6.90. The summed E-state index contributed by atoms with van der Waals surface area (Å²) >= 11 is 5.26. The van der Waals surface area contributed by atoms with Crippen molar-refractivity contribution in [2.45, 2.75) is 46.0 Å². The predicted molar refractivity (Wildman–Crippen MR) is 83.8 cm³/mol. The second-order valence-electron chi connectivity index (χ2n) is 4.42. The van der Waals surface area contributed by atoms with Gasteiger partial charge in [-0.15, -0.1) is 0 Å². The number of rotatable bonds is 9. The van der Waals surface area contributed by atoms with E-state index in [4.69, 9.17) is 21.3 Å². The molecular formula is C14H23O3PS. The molecule has 0 N–H and O–H groups in total. The SMILES string of the molecule is CCCCCCOP(=O)(OCC)C1=CC=CCC1=S. The van der Waals surface area contributed by atoms with Gasteiger partial charge in [-0.25, -0.2) is 0 Å². The molecule has 1 rings (SSSR count). The van der Waals surface area contributed by atoms with Crippen molar-refractivity contribution >= 4 is 24.7 Å². The van der Waals surface area contributed by atoms with E-state index in [0.717, 1.165) is 12.8 Å². The van der Waals surface area contributed by atoms with Gasteiger partial charge in [0.2, 0.25) is 0 Å². The summed E-state index contributed by atoms with van der Waals surface area (Å²) in [5, 5.41) is 0.558. The quantitative estimate of drug-likeness (QED) is 0.340. The standard InChI is InChI=1S/C14H23O3PS/c1-3-5-6-9-12-17-18(15,16-4-2)13-10-7-8-11-14(13)19/h7-8,10H,3-6,9,11-12H2,1-2H3. The van der Waals surface area contributed by atoms with Crippen LogP contribution in [-0.2, 0) is 13.6 Å². The first-order valence-corrected chi connectivity index (χ1v) is 8.89. The summed E-state index contributed by atoms with van der Waals surface area (Å²) in [6, 6.07) is 0. The van der Waals surface area contributed by atoms with Crippen LogP contribution >= 0.6 is 19.8 Å². The molecule has 1 aliphatic carbocycles. The molecule has 0 spiro atoms. The van der Waals surface area contributed by atoms with Crippen LogP contribution in [0.1, 0.15) is 46.0 Å². The van der Waals surface area contributed by atoms with Gasteiger partial charge >= 0.3 is 7.60 Å². The second kappa shape index (κ2) is 8.80. The third-order valence-electron chi connectivity index (χ3n) is 2.83. The number of thiocarbonyl (C=S) groups is 1. The molecule has 3 nitrogen and oxygen atoms in total. The maximum absolute atomic E-state index is 12.8. The highest BCUT2D eigenvalue weighted by Gasteiger charge is 2.32. The van der Waals surface area contributed by atoms with Crippen molar-refractivity contribution in [2.75, 3.05) is 13.2 Å². The van der Waals surface area contributed by atoms with E-state index in [0.29, 0.717) is 29.8 Å². The van der Waals surface area contributed by atoms with E-state index in [1.54, 1.807) is 6.08 Å². The van der Waals surface area contributed by atoms with E-state index in [2.05, 4.69) is 6.92 Å². The zero-order valence-corrected chi connectivity index (χ0v) is 13.5. The highest BCUT2D eigenvalue weighted by atomic mass is 32.1. The molecule has 0 aromatic rings. The van der Waals surface area contributed by atoms with Crippen LogP contribution in [0, 0.1) is 0 Å². The van der Waals surface area contributed by atoms with Crippen molar-refractivity contribution in [2.24, 2.45) is 0 Å². The van der Waals surface area contributed by atoms with Gasteiger partial charge in [0.25, 0.3) is 0 Å². The zero-order chi connectivity index (χ0) is 14.1. The van der Waals surface area contributed by atoms with Gasteiger partial charge in [0.1, 0.15) is 0 Å². The number of unbranched alkanes of at least 4 members (excludes halogenated alkanes) is 3. The van der Waals surface area contributed by atoms with Crippen molar-refractivity contribution in [3.8, 4) is 0 Å². The third-order valence-corrected chi connectivity index (χ3v) is 5.50. The Hall–Kier alpha value is -0.280. The van der Waals surface area contributed by atoms with E-state index < -0.39 is 7.60 Å². The molecule has 0 radical (unpaired) electrons. The molecule has 0 aromatic heterocycles. The first-order valence-electron chi connectivity index (χ1n) is 6.93. The van der Waals surface area contributed by atoms with Crippen LogP contribution in [0.4, 0.5) is 0 Å². The number of hydrogen-bond donors (Lipinski definition) is 0. The van der Waals surface area contributed by atoms with E-state index in [1.165, 1.54) is 12.8 Å². The summed E-state index contributed by atoms with van der Waals surface area (Å²) in [5.74, 6) is 0. The van der Waals surface area contributed by atoms with Gasteiger partial charge < -0.3 is 9.05 Å². The molecule has 0 aliphatic heterocycles. The molecule has 19 heavy (non-hydrogen) atoms. The maximum atomic E-state index is 12.8. The molecular weight excluding hydrogens is 279 g/mol. The van der Waals surface area contributed by atoms with E-state index in [1.807, 2.05) is 19.1 Å². The maximum Gasteiger partial charge on any atom is 0.362 e. The first-order chi connectivity index (χ1) is 9.14. The summed E-state index contributed by atoms with van der Waals surface area (Å²) in [7, 11) is -3.23. The van der Waals surface area contributed by atoms with Crippen molar-refractivity contribution in [3.05, 3.63) is 23.5 Å². The highest BCUT2D eigenvalue weighted by molar-refractivity contribution is 7.82. The molecule has 0 fully saturated rings. The fourth-order valence-electron chi connectivity index (χ4n) is 1.84. The lowest BCUT2D eigenvalue weighted by Crippen LogP contribution is -2.08. The van der Waals surface area contributed by atoms with Crippen molar-refractivity contribution in [1.29, 1.82) is 0 Å². The van der Waals surface area contributed by atoms with E-state index in [9.17, 15) is 4.57 Å². The summed E-state index contributed by atoms with van der Waals surface area (Å²) < 4.78 is 23.7. The van der Waals surface area contributed by atoms with Gasteiger partial charge in [0.05, 0.1) is 18.5 Å². The third kappa shape index (κ3) is 5.31. The van der Waals surface area contributed by atoms with Crippen LogP contribution in [0.5, 0.6) is 0 Å². The molecule has 0 saturated carbocycles. The van der Waals surface area contributed by atoms with Gasteiger partial charge in [0.15, 0.2) is 0 Å². The average molecular weight is 302 g/mol. The molecule has 0 aromatic carbocycles. The Morgan fingerprint density at radius 1 is 1.26 bits per heavy atom. The van der Waals surface area contributed by atoms with Gasteiger partial charge in [-0.2, -0.15) is 0 Å². The lowest BCUT2D eigenvalue weighted by molar-refractivity contribution is 0.215. The average Bonchev–Trinajstić information content (AvgIpc) is 2.39. The van der Waals surface area contributed by atoms with Gasteiger partial charge in [0, 0.05) is 11.3 Å². The Bertz CT molecular complexity index is 401. The molecule has 108 valence electrons. The van der Waals surface area contributed by atoms with E-state index >= 15 is 0 Å². The van der Waals surface area contributed by atoms with Crippen LogP contribution in [0.15, 0.2) is 23.5 Å². The molecule has 0 amide bonds. The largest absolute Gasteiger partial charge is 0.362 e. The Morgan fingerprint density at radius 3 is 2.68 bits per heavy atom. The van der Waals surface area contributed by atoms with E-state index in [-0.39, 0.29) is 0 Å². The van der Waals surface area contributed by atoms with Gasteiger partial charge in [-0.3, -0.25) is 4.57 Å². The summed E-state index contributed by atoms with van der Waals surface area (Å²) in [4.78, 5) is 0.660. The van der Waals surface area contributed by atoms with Crippen molar-refractivity contribution < 1.29 is 13.6 Å². The molecule has 0 saturated heterocycles. The van der Waals surface area contributed by atoms with Crippen LogP contribution in [0.3, 0.4) is 0 Å². The molecule has 1 atom stereocenters. The topological polar surface area (TPSA) is 35.5 Å². The number of hydrogen-bond acceptors (Lipinski definition) is 4. The Balaban J connectivity index is 2.63. The first kappa shape index (κ1) is 16.8. The minimum Gasteiger partial charge on any atom is -0.305 e. The highest BCUT2D eigenvalue weighted by Crippen LogP contribution is 2.57. The van der Waals surface area contributed by atoms with Crippen LogP contribution in [-0.4, -0.2) is 18.1 Å². The lowest BCUT2D eigenvalue weighted by atomic mass is 10.2. The van der Waals surface area contributed by atoms with Crippen LogP contribution < -0.4 is 0 Å². The van der Waals surface area contributed by atoms with Gasteiger partial charge in [-0.1, -0.05) is 50.6 Å². The number of allylic oxidation sites excluding steroid dienone is 4. The molecule has 5 heteroatoms. The summed E-state index contributed by atoms with van der Waals surface area (Å²) in [6.07, 6.45) is 10.5. The minimum absolute atomic E-state index is 0.357. The van der Waals surface area contributed by atoms with Gasteiger partial charge in [-0.05, 0) is 19.4 Å². The molecule has 1 unspecified atom stereocenters. The predicted octanol–water partition coefficient (Wildman–Crippen LogP) is 5.03. The van der Waals surface area contributed by atoms with Crippen molar-refractivity contribution in [1.82, 2.24) is 0 Å². The fraction of sp³-hybridized carbons (Fsp3) is 0.643. The zero-order valence-electron chi connectivity index (χ0n) is 11.8. The summed E-state index contributed by atoms with van der Waals surface area (Å²) in [5.41, 5.74) is 0. The Labute approximate surface area is 121 Å². The van der Waals surface area contributed by atoms with Crippen LogP contribution in [0.25, 0.3) is 0 Å². The summed E-state index contributed by atoms with van der Waals surface area (Å²) in [6.45, 7) is 4.79. The van der Waals surface area contributed by atoms with Crippen LogP contribution in [0.2, 0.25) is 0 Å². The minimum atomic E-state index is -3.23. The molecule has 0 bridgehead atoms. The molecule has 1 aliphatic rings. The smallest absolute Gasteiger partial charge is 0.305 e. The fourth-order valence-corrected chi connectivity index (χ4v) is 4.06. The lowest BCUT2D eigenvalue weighted by Gasteiger charge is -2.22. The Kier molecular flexibility index (Phi) is 7.77. The normalized spacial score (nSPS) is 18.2. The monoisotopic (exact) mass is 302 g/mol. The Morgan fingerprint density at radius 2 is 2.05 bits per heavy atom.